The summed E-state index contributed by atoms with van der Waals surface area (Å²) in [7, 11) is 0. The highest BCUT2D eigenvalue weighted by Crippen LogP contribution is 2.16. The van der Waals surface area contributed by atoms with Gasteiger partial charge in [-0.1, -0.05) is 13.8 Å². The predicted molar refractivity (Wildman–Crippen MR) is 73.4 cm³/mol. The molecule has 0 saturated carbocycles. The second-order valence-electron chi connectivity index (χ2n) is 5.36. The van der Waals surface area contributed by atoms with Crippen LogP contribution < -0.4 is 0 Å². The maximum absolute atomic E-state index is 11.9. The first-order valence-electron chi connectivity index (χ1n) is 6.54. The molecule has 1 aromatic heterocycles. The normalized spacial score (nSPS) is 11.2. The summed E-state index contributed by atoms with van der Waals surface area (Å²) in [5.41, 5.74) is 1.09. The fourth-order valence-corrected chi connectivity index (χ4v) is 1.65. The lowest BCUT2D eigenvalue weighted by atomic mass is 10.0. The minimum absolute atomic E-state index is 0.00686. The Morgan fingerprint density at radius 2 is 1.89 bits per heavy atom. The largest absolute Gasteiger partial charge is 0.456 e. The van der Waals surface area contributed by atoms with Crippen molar-refractivity contribution >= 4 is 11.8 Å². The van der Waals surface area contributed by atoms with E-state index in [0.717, 1.165) is 5.56 Å². The number of ketones is 1. The molecule has 104 valence electrons. The molecule has 0 aromatic carbocycles. The second-order valence-corrected chi connectivity index (χ2v) is 5.36. The van der Waals surface area contributed by atoms with E-state index in [1.54, 1.807) is 13.0 Å². The third kappa shape index (κ3) is 4.16. The summed E-state index contributed by atoms with van der Waals surface area (Å²) < 4.78 is 5.29. The molecule has 1 heterocycles. The van der Waals surface area contributed by atoms with Gasteiger partial charge in [-0.25, -0.2) is 4.79 Å². The van der Waals surface area contributed by atoms with Crippen LogP contribution in [-0.2, 0) is 11.2 Å². The molecule has 0 amide bonds. The van der Waals surface area contributed by atoms with Gasteiger partial charge in [0.05, 0.1) is 5.56 Å². The molecule has 4 heteroatoms. The Bertz CT molecular complexity index is 487. The smallest absolute Gasteiger partial charge is 0.340 e. The highest BCUT2D eigenvalue weighted by Gasteiger charge is 2.20. The van der Waals surface area contributed by atoms with E-state index in [4.69, 9.17) is 4.74 Å². The van der Waals surface area contributed by atoms with E-state index in [0.29, 0.717) is 24.1 Å². The van der Waals surface area contributed by atoms with Gasteiger partial charge in [-0.05, 0) is 38.8 Å². The Balaban J connectivity index is 3.07. The molecule has 1 aromatic rings. The Morgan fingerprint density at radius 3 is 2.37 bits per heavy atom. The number of hydrogen-bond acceptors (Lipinski definition) is 4. The van der Waals surface area contributed by atoms with Gasteiger partial charge >= 0.3 is 5.97 Å². The Labute approximate surface area is 114 Å². The van der Waals surface area contributed by atoms with Crippen LogP contribution in [0.2, 0.25) is 0 Å². The molecule has 0 N–H and O–H groups in total. The quantitative estimate of drug-likeness (QED) is 0.618. The van der Waals surface area contributed by atoms with Gasteiger partial charge in [0, 0.05) is 12.6 Å². The summed E-state index contributed by atoms with van der Waals surface area (Å²) >= 11 is 0. The average Bonchev–Trinajstić information content (AvgIpc) is 2.35. The SMILES string of the molecule is CCC(=O)c1ncc(C(=O)OC(C)(C)C)cc1CC. The van der Waals surface area contributed by atoms with Crippen molar-refractivity contribution in [2.24, 2.45) is 0 Å². The number of carbonyl (C=O) groups is 2. The molecular formula is C15H21NO3. The van der Waals surface area contributed by atoms with E-state index in [2.05, 4.69) is 4.98 Å². The van der Waals surface area contributed by atoms with Crippen molar-refractivity contribution < 1.29 is 14.3 Å². The van der Waals surface area contributed by atoms with Gasteiger partial charge < -0.3 is 4.74 Å². The molecule has 4 nitrogen and oxygen atoms in total. The first-order valence-corrected chi connectivity index (χ1v) is 6.54. The predicted octanol–water partition coefficient (Wildman–Crippen LogP) is 3.19. The van der Waals surface area contributed by atoms with Crippen molar-refractivity contribution in [2.45, 2.75) is 53.1 Å². The fraction of sp³-hybridized carbons (Fsp3) is 0.533. The number of Topliss-reactive ketones (excluding diaryl/α,β-unsaturated/α-hetero) is 1. The molecule has 0 saturated heterocycles. The van der Waals surface area contributed by atoms with Crippen LogP contribution in [0.15, 0.2) is 12.3 Å². The first kappa shape index (κ1) is 15.3. The van der Waals surface area contributed by atoms with Crippen LogP contribution in [-0.4, -0.2) is 22.3 Å². The van der Waals surface area contributed by atoms with E-state index < -0.39 is 11.6 Å². The molecule has 0 unspecified atom stereocenters. The fourth-order valence-electron chi connectivity index (χ4n) is 1.65. The maximum Gasteiger partial charge on any atom is 0.340 e. The first-order chi connectivity index (χ1) is 8.78. The monoisotopic (exact) mass is 263 g/mol. The van der Waals surface area contributed by atoms with Gasteiger partial charge in [0.15, 0.2) is 5.78 Å². The molecule has 1 rings (SSSR count). The molecule has 19 heavy (non-hydrogen) atoms. The van der Waals surface area contributed by atoms with Gasteiger partial charge in [0.2, 0.25) is 0 Å². The van der Waals surface area contributed by atoms with E-state index in [9.17, 15) is 9.59 Å². The van der Waals surface area contributed by atoms with E-state index in [1.165, 1.54) is 6.20 Å². The van der Waals surface area contributed by atoms with Crippen LogP contribution in [0.1, 0.15) is 67.4 Å². The average molecular weight is 263 g/mol. The van der Waals surface area contributed by atoms with Gasteiger partial charge in [0.25, 0.3) is 0 Å². The Hall–Kier alpha value is -1.71. The number of rotatable bonds is 4. The van der Waals surface area contributed by atoms with Crippen molar-refractivity contribution in [1.82, 2.24) is 4.98 Å². The van der Waals surface area contributed by atoms with Crippen LogP contribution in [0, 0.1) is 0 Å². The Morgan fingerprint density at radius 1 is 1.26 bits per heavy atom. The molecule has 0 aliphatic carbocycles. The number of ether oxygens (including phenoxy) is 1. The number of aryl methyl sites for hydroxylation is 1. The summed E-state index contributed by atoms with van der Waals surface area (Å²) in [5, 5.41) is 0. The number of carbonyl (C=O) groups excluding carboxylic acids is 2. The maximum atomic E-state index is 11.9. The zero-order chi connectivity index (χ0) is 14.6. The number of esters is 1. The van der Waals surface area contributed by atoms with E-state index >= 15 is 0 Å². The molecule has 0 spiro atoms. The number of pyridine rings is 1. The summed E-state index contributed by atoms with van der Waals surface area (Å²) in [4.78, 5) is 27.8. The van der Waals surface area contributed by atoms with E-state index in [1.807, 2.05) is 27.7 Å². The van der Waals surface area contributed by atoms with Crippen LogP contribution >= 0.6 is 0 Å². The number of nitrogens with zero attached hydrogens (tertiary/aromatic N) is 1. The highest BCUT2D eigenvalue weighted by atomic mass is 16.6. The third-order valence-electron chi connectivity index (χ3n) is 2.57. The summed E-state index contributed by atoms with van der Waals surface area (Å²) in [6, 6.07) is 1.70. The summed E-state index contributed by atoms with van der Waals surface area (Å²) in [6.07, 6.45) is 2.48. The zero-order valence-corrected chi connectivity index (χ0v) is 12.2. The van der Waals surface area contributed by atoms with Crippen LogP contribution in [0.4, 0.5) is 0 Å². The van der Waals surface area contributed by atoms with Gasteiger partial charge in [-0.2, -0.15) is 0 Å². The number of hydrogen-bond donors (Lipinski definition) is 0. The number of aromatic nitrogens is 1. The van der Waals surface area contributed by atoms with Gasteiger partial charge in [-0.15, -0.1) is 0 Å². The molecule has 0 atom stereocenters. The summed E-state index contributed by atoms with van der Waals surface area (Å²) in [6.45, 7) is 9.17. The van der Waals surface area contributed by atoms with Crippen molar-refractivity contribution in [1.29, 1.82) is 0 Å². The van der Waals surface area contributed by atoms with Crippen LogP contribution in [0.5, 0.6) is 0 Å². The zero-order valence-electron chi connectivity index (χ0n) is 12.2. The molecule has 0 bridgehead atoms. The summed E-state index contributed by atoms with van der Waals surface area (Å²) in [5.74, 6) is -0.419. The lowest BCUT2D eigenvalue weighted by Crippen LogP contribution is -2.24. The molecule has 0 radical (unpaired) electrons. The minimum atomic E-state index is -0.540. The minimum Gasteiger partial charge on any atom is -0.456 e. The van der Waals surface area contributed by atoms with Gasteiger partial charge in [-0.3, -0.25) is 9.78 Å². The standard InChI is InChI=1S/C15H21NO3/c1-6-10-8-11(14(18)19-15(3,4)5)9-16-13(10)12(17)7-2/h8-9H,6-7H2,1-5H3. The Kier molecular flexibility index (Phi) is 4.81. The molecule has 0 fully saturated rings. The van der Waals surface area contributed by atoms with Crippen LogP contribution in [0.3, 0.4) is 0 Å². The topological polar surface area (TPSA) is 56.3 Å². The molecule has 0 aliphatic heterocycles. The van der Waals surface area contributed by atoms with Crippen molar-refractivity contribution in [3.8, 4) is 0 Å². The second kappa shape index (κ2) is 5.95. The lowest BCUT2D eigenvalue weighted by molar-refractivity contribution is 0.00687. The van der Waals surface area contributed by atoms with Crippen LogP contribution in [0.25, 0.3) is 0 Å². The molecular weight excluding hydrogens is 242 g/mol. The lowest BCUT2D eigenvalue weighted by Gasteiger charge is -2.19. The van der Waals surface area contributed by atoms with Gasteiger partial charge in [0.1, 0.15) is 11.3 Å². The van der Waals surface area contributed by atoms with Crippen molar-refractivity contribution in [3.05, 3.63) is 29.1 Å². The molecule has 0 aliphatic rings. The van der Waals surface area contributed by atoms with E-state index in [-0.39, 0.29) is 5.78 Å². The highest BCUT2D eigenvalue weighted by molar-refractivity contribution is 5.97. The van der Waals surface area contributed by atoms with Crippen molar-refractivity contribution in [2.75, 3.05) is 0 Å². The third-order valence-corrected chi connectivity index (χ3v) is 2.57. The van der Waals surface area contributed by atoms with Crippen molar-refractivity contribution in [3.63, 3.8) is 0 Å².